The SMILES string of the molecule is COC(=O)C1=C(c2ccc(F)cc2)CCN(C)C1=O. The molecule has 0 saturated carbocycles. The number of nitrogens with zero attached hydrogens (tertiary/aromatic N) is 1. The maximum atomic E-state index is 12.9. The van der Waals surface area contributed by atoms with Crippen LogP contribution in [0.4, 0.5) is 4.39 Å². The molecule has 4 nitrogen and oxygen atoms in total. The van der Waals surface area contributed by atoms with Crippen molar-refractivity contribution in [1.29, 1.82) is 0 Å². The largest absolute Gasteiger partial charge is 0.465 e. The summed E-state index contributed by atoms with van der Waals surface area (Å²) in [6.45, 7) is 0.520. The maximum Gasteiger partial charge on any atom is 0.343 e. The summed E-state index contributed by atoms with van der Waals surface area (Å²) in [7, 11) is 2.87. The number of carbonyl (C=O) groups is 2. The zero-order chi connectivity index (χ0) is 14.0. The van der Waals surface area contributed by atoms with Crippen LogP contribution in [0.25, 0.3) is 5.57 Å². The lowest BCUT2D eigenvalue weighted by Crippen LogP contribution is -2.36. The molecule has 0 unspecified atom stereocenters. The minimum atomic E-state index is -0.657. The summed E-state index contributed by atoms with van der Waals surface area (Å²) in [5.74, 6) is -1.38. The van der Waals surface area contributed by atoms with Crippen LogP contribution in [-0.2, 0) is 14.3 Å². The molecule has 1 heterocycles. The number of rotatable bonds is 2. The van der Waals surface area contributed by atoms with Crippen LogP contribution in [0.5, 0.6) is 0 Å². The second-order valence-corrected chi connectivity index (χ2v) is 4.33. The van der Waals surface area contributed by atoms with Crippen molar-refractivity contribution >= 4 is 17.4 Å². The van der Waals surface area contributed by atoms with Crippen LogP contribution in [0, 0.1) is 5.82 Å². The third-order valence-corrected chi connectivity index (χ3v) is 3.14. The van der Waals surface area contributed by atoms with E-state index in [-0.39, 0.29) is 17.3 Å². The molecule has 1 aromatic carbocycles. The Morgan fingerprint density at radius 1 is 1.32 bits per heavy atom. The number of methoxy groups -OCH3 is 1. The second kappa shape index (κ2) is 5.22. The number of ether oxygens (including phenoxy) is 1. The highest BCUT2D eigenvalue weighted by atomic mass is 19.1. The van der Waals surface area contributed by atoms with Gasteiger partial charge in [0.1, 0.15) is 11.4 Å². The molecular formula is C14H14FNO3. The Hall–Kier alpha value is -2.17. The monoisotopic (exact) mass is 263 g/mol. The predicted octanol–water partition coefficient (Wildman–Crippen LogP) is 1.61. The quantitative estimate of drug-likeness (QED) is 0.601. The molecule has 5 heteroatoms. The van der Waals surface area contributed by atoms with E-state index in [1.807, 2.05) is 0 Å². The van der Waals surface area contributed by atoms with Gasteiger partial charge in [-0.15, -0.1) is 0 Å². The standard InChI is InChI=1S/C14H14FNO3/c1-16-8-7-11(9-3-5-10(15)6-4-9)12(13(16)17)14(18)19-2/h3-6H,7-8H2,1-2H3. The molecule has 1 aliphatic rings. The van der Waals surface area contributed by atoms with Crippen molar-refractivity contribution in [3.05, 3.63) is 41.2 Å². The molecular weight excluding hydrogens is 249 g/mol. The van der Waals surface area contributed by atoms with Gasteiger partial charge in [-0.2, -0.15) is 0 Å². The van der Waals surface area contributed by atoms with Crippen LogP contribution in [0.3, 0.4) is 0 Å². The lowest BCUT2D eigenvalue weighted by Gasteiger charge is -2.26. The van der Waals surface area contributed by atoms with E-state index in [2.05, 4.69) is 4.74 Å². The first kappa shape index (κ1) is 13.3. The normalized spacial score (nSPS) is 15.7. The number of amides is 1. The van der Waals surface area contributed by atoms with Crippen molar-refractivity contribution in [3.63, 3.8) is 0 Å². The highest BCUT2D eigenvalue weighted by Gasteiger charge is 2.31. The van der Waals surface area contributed by atoms with Gasteiger partial charge < -0.3 is 9.64 Å². The average Bonchev–Trinajstić information content (AvgIpc) is 2.42. The summed E-state index contributed by atoms with van der Waals surface area (Å²) in [4.78, 5) is 25.3. The molecule has 0 radical (unpaired) electrons. The molecule has 0 N–H and O–H groups in total. The van der Waals surface area contributed by atoms with Crippen molar-refractivity contribution < 1.29 is 18.7 Å². The van der Waals surface area contributed by atoms with Crippen molar-refractivity contribution in [3.8, 4) is 0 Å². The average molecular weight is 263 g/mol. The Labute approximate surface area is 110 Å². The molecule has 0 bridgehead atoms. The minimum Gasteiger partial charge on any atom is -0.465 e. The van der Waals surface area contributed by atoms with Crippen LogP contribution >= 0.6 is 0 Å². The lowest BCUT2D eigenvalue weighted by atomic mass is 9.93. The molecule has 1 aliphatic heterocycles. The first-order valence-electron chi connectivity index (χ1n) is 5.87. The highest BCUT2D eigenvalue weighted by Crippen LogP contribution is 2.28. The molecule has 1 aromatic rings. The Kier molecular flexibility index (Phi) is 3.64. The number of hydrogen-bond acceptors (Lipinski definition) is 3. The number of likely N-dealkylation sites (N-methyl/N-ethyl adjacent to an activating group) is 1. The van der Waals surface area contributed by atoms with Gasteiger partial charge in [-0.25, -0.2) is 9.18 Å². The van der Waals surface area contributed by atoms with Crippen molar-refractivity contribution in [2.75, 3.05) is 20.7 Å². The summed E-state index contributed by atoms with van der Waals surface area (Å²) >= 11 is 0. The third-order valence-electron chi connectivity index (χ3n) is 3.14. The smallest absolute Gasteiger partial charge is 0.343 e. The summed E-state index contributed by atoms with van der Waals surface area (Å²) in [5, 5.41) is 0. The van der Waals surface area contributed by atoms with Crippen molar-refractivity contribution in [2.24, 2.45) is 0 Å². The summed E-state index contributed by atoms with van der Waals surface area (Å²) < 4.78 is 17.6. The van der Waals surface area contributed by atoms with Gasteiger partial charge in [-0.05, 0) is 29.7 Å². The van der Waals surface area contributed by atoms with Crippen LogP contribution in [0.15, 0.2) is 29.8 Å². The van der Waals surface area contributed by atoms with E-state index < -0.39 is 5.97 Å². The van der Waals surface area contributed by atoms with Crippen LogP contribution in [-0.4, -0.2) is 37.5 Å². The Morgan fingerprint density at radius 2 is 1.95 bits per heavy atom. The van der Waals surface area contributed by atoms with E-state index in [1.165, 1.54) is 24.1 Å². The van der Waals surface area contributed by atoms with Crippen LogP contribution in [0.1, 0.15) is 12.0 Å². The van der Waals surface area contributed by atoms with E-state index in [1.54, 1.807) is 19.2 Å². The fourth-order valence-corrected chi connectivity index (χ4v) is 2.08. The lowest BCUT2D eigenvalue weighted by molar-refractivity contribution is -0.140. The van der Waals surface area contributed by atoms with E-state index in [0.29, 0.717) is 24.1 Å². The summed E-state index contributed by atoms with van der Waals surface area (Å²) in [5.41, 5.74) is 1.31. The van der Waals surface area contributed by atoms with Gasteiger partial charge in [0, 0.05) is 13.6 Å². The van der Waals surface area contributed by atoms with Crippen LogP contribution < -0.4 is 0 Å². The summed E-state index contributed by atoms with van der Waals surface area (Å²) in [6.07, 6.45) is 0.540. The molecule has 0 aliphatic carbocycles. The number of halogens is 1. The molecule has 100 valence electrons. The second-order valence-electron chi connectivity index (χ2n) is 4.33. The van der Waals surface area contributed by atoms with Gasteiger partial charge in [-0.3, -0.25) is 4.79 Å². The van der Waals surface area contributed by atoms with Crippen molar-refractivity contribution in [2.45, 2.75) is 6.42 Å². The van der Waals surface area contributed by atoms with Gasteiger partial charge in [0.2, 0.25) is 0 Å². The number of hydrogen-bond donors (Lipinski definition) is 0. The minimum absolute atomic E-state index is 0.0304. The molecule has 1 amide bonds. The Bertz CT molecular complexity index is 548. The number of esters is 1. The van der Waals surface area contributed by atoms with Crippen molar-refractivity contribution in [1.82, 2.24) is 4.90 Å². The van der Waals surface area contributed by atoms with E-state index in [4.69, 9.17) is 0 Å². The zero-order valence-corrected chi connectivity index (χ0v) is 10.8. The molecule has 0 fully saturated rings. The van der Waals surface area contributed by atoms with Gasteiger partial charge in [0.15, 0.2) is 0 Å². The Morgan fingerprint density at radius 3 is 2.53 bits per heavy atom. The van der Waals surface area contributed by atoms with E-state index in [0.717, 1.165) is 0 Å². The van der Waals surface area contributed by atoms with Gasteiger partial charge in [-0.1, -0.05) is 12.1 Å². The highest BCUT2D eigenvalue weighted by molar-refractivity contribution is 6.22. The molecule has 0 spiro atoms. The van der Waals surface area contributed by atoms with Gasteiger partial charge in [0.05, 0.1) is 7.11 Å². The van der Waals surface area contributed by atoms with Gasteiger partial charge >= 0.3 is 5.97 Å². The molecule has 0 saturated heterocycles. The molecule has 19 heavy (non-hydrogen) atoms. The maximum absolute atomic E-state index is 12.9. The topological polar surface area (TPSA) is 46.6 Å². The zero-order valence-electron chi connectivity index (χ0n) is 10.8. The number of benzene rings is 1. The van der Waals surface area contributed by atoms with Crippen LogP contribution in [0.2, 0.25) is 0 Å². The predicted molar refractivity (Wildman–Crippen MR) is 67.6 cm³/mol. The van der Waals surface area contributed by atoms with E-state index >= 15 is 0 Å². The molecule has 0 atom stereocenters. The first-order valence-corrected chi connectivity index (χ1v) is 5.87. The number of carbonyl (C=O) groups excluding carboxylic acids is 2. The summed E-state index contributed by atoms with van der Waals surface area (Å²) in [6, 6.07) is 5.73. The fourth-order valence-electron chi connectivity index (χ4n) is 2.08. The first-order chi connectivity index (χ1) is 9.04. The molecule has 0 aromatic heterocycles. The fraction of sp³-hybridized carbons (Fsp3) is 0.286. The Balaban J connectivity index is 2.54. The van der Waals surface area contributed by atoms with Gasteiger partial charge in [0.25, 0.3) is 5.91 Å². The van der Waals surface area contributed by atoms with E-state index in [9.17, 15) is 14.0 Å². The molecule has 2 rings (SSSR count). The third kappa shape index (κ3) is 2.50.